The summed E-state index contributed by atoms with van der Waals surface area (Å²) in [5.74, 6) is 0.470. The third-order valence-electron chi connectivity index (χ3n) is 3.95. The van der Waals surface area contributed by atoms with Gasteiger partial charge in [-0.2, -0.15) is 0 Å². The fraction of sp³-hybridized carbons (Fsp3) is 0.438. The number of aliphatic hydroxyl groups excluding tert-OH is 1. The van der Waals surface area contributed by atoms with E-state index in [4.69, 9.17) is 4.42 Å². The molecule has 124 valence electrons. The Labute approximate surface area is 135 Å². The van der Waals surface area contributed by atoms with E-state index in [1.54, 1.807) is 30.5 Å². The summed E-state index contributed by atoms with van der Waals surface area (Å²) in [7, 11) is -3.20. The number of aromatic nitrogens is 1. The zero-order valence-electron chi connectivity index (χ0n) is 13.0. The molecule has 0 aliphatic carbocycles. The van der Waals surface area contributed by atoms with Gasteiger partial charge in [-0.05, 0) is 43.7 Å². The molecular formula is C16H20N2O4S. The van der Waals surface area contributed by atoms with Gasteiger partial charge in [0.1, 0.15) is 6.26 Å². The Kier molecular flexibility index (Phi) is 4.52. The first kappa shape index (κ1) is 16.2. The summed E-state index contributed by atoms with van der Waals surface area (Å²) < 4.78 is 28.4. The Hall–Kier alpha value is -1.70. The van der Waals surface area contributed by atoms with Gasteiger partial charge in [-0.25, -0.2) is 13.4 Å². The fourth-order valence-corrected chi connectivity index (χ4v) is 3.39. The Morgan fingerprint density at radius 1 is 1.35 bits per heavy atom. The molecule has 1 aliphatic heterocycles. The average molecular weight is 336 g/mol. The van der Waals surface area contributed by atoms with Crippen LogP contribution in [-0.2, 0) is 16.4 Å². The van der Waals surface area contributed by atoms with E-state index in [-0.39, 0.29) is 11.0 Å². The monoisotopic (exact) mass is 336 g/mol. The summed E-state index contributed by atoms with van der Waals surface area (Å²) in [5.41, 5.74) is 1.55. The highest BCUT2D eigenvalue weighted by Gasteiger charge is 2.19. The van der Waals surface area contributed by atoms with E-state index in [0.717, 1.165) is 30.6 Å². The van der Waals surface area contributed by atoms with Crippen LogP contribution < -0.4 is 0 Å². The predicted octanol–water partition coefficient (Wildman–Crippen LogP) is 1.70. The largest absolute Gasteiger partial charge is 0.444 e. The molecule has 3 rings (SSSR count). The first-order valence-corrected chi connectivity index (χ1v) is 9.46. The smallest absolute Gasteiger partial charge is 0.226 e. The lowest BCUT2D eigenvalue weighted by atomic mass is 10.1. The van der Waals surface area contributed by atoms with Crippen LogP contribution in [0.25, 0.3) is 11.5 Å². The van der Waals surface area contributed by atoms with Gasteiger partial charge in [0.15, 0.2) is 9.84 Å². The minimum Gasteiger partial charge on any atom is -0.444 e. The number of oxazole rings is 1. The molecule has 1 unspecified atom stereocenters. The van der Waals surface area contributed by atoms with Gasteiger partial charge in [0.2, 0.25) is 5.89 Å². The van der Waals surface area contributed by atoms with Gasteiger partial charge >= 0.3 is 0 Å². The molecule has 1 aromatic heterocycles. The van der Waals surface area contributed by atoms with Crippen LogP contribution in [-0.4, -0.2) is 48.9 Å². The average Bonchev–Trinajstić information content (AvgIpc) is 2.95. The molecule has 2 aromatic rings. The molecule has 23 heavy (non-hydrogen) atoms. The lowest BCUT2D eigenvalue weighted by molar-refractivity contribution is 0.0662. The van der Waals surface area contributed by atoms with E-state index >= 15 is 0 Å². The van der Waals surface area contributed by atoms with E-state index in [1.807, 2.05) is 0 Å². The summed E-state index contributed by atoms with van der Waals surface area (Å²) in [4.78, 5) is 6.88. The zero-order valence-corrected chi connectivity index (χ0v) is 13.8. The highest BCUT2D eigenvalue weighted by atomic mass is 32.2. The van der Waals surface area contributed by atoms with Crippen molar-refractivity contribution in [3.63, 3.8) is 0 Å². The van der Waals surface area contributed by atoms with Gasteiger partial charge < -0.3 is 9.52 Å². The summed E-state index contributed by atoms with van der Waals surface area (Å²) in [6.07, 6.45) is 4.36. The number of benzene rings is 1. The highest BCUT2D eigenvalue weighted by Crippen LogP contribution is 2.22. The number of β-amino-alcohol motifs (C(OH)–C–C–N with tert-alkyl or cyclic N) is 1. The van der Waals surface area contributed by atoms with Crippen molar-refractivity contribution in [1.29, 1.82) is 0 Å². The molecule has 1 saturated heterocycles. The molecule has 1 atom stereocenters. The maximum atomic E-state index is 11.5. The lowest BCUT2D eigenvalue weighted by Gasteiger charge is -2.29. The van der Waals surface area contributed by atoms with Crippen LogP contribution in [0.4, 0.5) is 0 Å². The minimum absolute atomic E-state index is 0.265. The molecular weight excluding hydrogens is 316 g/mol. The van der Waals surface area contributed by atoms with Gasteiger partial charge in [-0.3, -0.25) is 4.90 Å². The van der Waals surface area contributed by atoms with Crippen molar-refractivity contribution in [2.75, 3.05) is 19.3 Å². The van der Waals surface area contributed by atoms with Crippen LogP contribution in [0.2, 0.25) is 0 Å². The van der Waals surface area contributed by atoms with E-state index < -0.39 is 9.84 Å². The molecule has 1 aromatic carbocycles. The molecule has 2 heterocycles. The fourth-order valence-electron chi connectivity index (χ4n) is 2.76. The molecule has 0 bridgehead atoms. The van der Waals surface area contributed by atoms with Crippen LogP contribution in [0, 0.1) is 0 Å². The van der Waals surface area contributed by atoms with Crippen molar-refractivity contribution >= 4 is 9.84 Å². The Bertz CT molecular complexity index is 768. The van der Waals surface area contributed by atoms with E-state index in [0.29, 0.717) is 19.0 Å². The maximum absolute atomic E-state index is 11.5. The third kappa shape index (κ3) is 3.99. The molecule has 1 fully saturated rings. The van der Waals surface area contributed by atoms with Gasteiger partial charge in [0.05, 0.1) is 16.7 Å². The van der Waals surface area contributed by atoms with E-state index in [9.17, 15) is 13.5 Å². The van der Waals surface area contributed by atoms with Crippen LogP contribution >= 0.6 is 0 Å². The maximum Gasteiger partial charge on any atom is 0.226 e. The summed E-state index contributed by atoms with van der Waals surface area (Å²) in [6, 6.07) is 6.48. The SMILES string of the molecule is CS(=O)(=O)c1ccc(-c2nc(CN3CCCC(O)C3)co2)cc1. The quantitative estimate of drug-likeness (QED) is 0.915. The molecule has 1 aliphatic rings. The number of rotatable bonds is 4. The van der Waals surface area contributed by atoms with Gasteiger partial charge in [0.25, 0.3) is 0 Å². The minimum atomic E-state index is -3.20. The van der Waals surface area contributed by atoms with Crippen molar-refractivity contribution in [3.05, 3.63) is 36.2 Å². The molecule has 6 nitrogen and oxygen atoms in total. The summed E-state index contributed by atoms with van der Waals surface area (Å²) >= 11 is 0. The normalized spacial score (nSPS) is 19.8. The summed E-state index contributed by atoms with van der Waals surface area (Å²) in [6.45, 7) is 2.25. The van der Waals surface area contributed by atoms with E-state index in [1.165, 1.54) is 6.26 Å². The molecule has 0 spiro atoms. The van der Waals surface area contributed by atoms with Crippen molar-refractivity contribution in [1.82, 2.24) is 9.88 Å². The molecule has 0 amide bonds. The Balaban J connectivity index is 1.71. The first-order valence-electron chi connectivity index (χ1n) is 7.57. The molecule has 1 N–H and O–H groups in total. The van der Waals surface area contributed by atoms with Crippen LogP contribution in [0.15, 0.2) is 39.8 Å². The van der Waals surface area contributed by atoms with Gasteiger partial charge in [0, 0.05) is 24.9 Å². The highest BCUT2D eigenvalue weighted by molar-refractivity contribution is 7.90. The van der Waals surface area contributed by atoms with Crippen molar-refractivity contribution < 1.29 is 17.9 Å². The van der Waals surface area contributed by atoms with Crippen molar-refractivity contribution in [2.45, 2.75) is 30.4 Å². The van der Waals surface area contributed by atoms with Crippen molar-refractivity contribution in [3.8, 4) is 11.5 Å². The molecule has 0 saturated carbocycles. The second-order valence-corrected chi connectivity index (χ2v) is 7.99. The number of likely N-dealkylation sites (tertiary alicyclic amines) is 1. The molecule has 7 heteroatoms. The number of hydrogen-bond acceptors (Lipinski definition) is 6. The number of nitrogens with zero attached hydrogens (tertiary/aromatic N) is 2. The number of piperidine rings is 1. The first-order chi connectivity index (χ1) is 10.9. The topological polar surface area (TPSA) is 83.6 Å². The van der Waals surface area contributed by atoms with E-state index in [2.05, 4.69) is 9.88 Å². The second-order valence-electron chi connectivity index (χ2n) is 5.97. The third-order valence-corrected chi connectivity index (χ3v) is 5.08. The number of aliphatic hydroxyl groups is 1. The molecule has 0 radical (unpaired) electrons. The predicted molar refractivity (Wildman–Crippen MR) is 85.6 cm³/mol. The van der Waals surface area contributed by atoms with Crippen LogP contribution in [0.1, 0.15) is 18.5 Å². The summed E-state index contributed by atoms with van der Waals surface area (Å²) in [5, 5.41) is 9.70. The van der Waals surface area contributed by atoms with Crippen molar-refractivity contribution in [2.24, 2.45) is 0 Å². The standard InChI is InChI=1S/C16H20N2O4S/c1-23(20,21)15-6-4-12(5-7-15)16-17-13(11-22-16)9-18-8-2-3-14(19)10-18/h4-7,11,14,19H,2-3,8-10H2,1H3. The zero-order chi connectivity index (χ0) is 16.4. The van der Waals surface area contributed by atoms with Crippen LogP contribution in [0.3, 0.4) is 0 Å². The number of sulfone groups is 1. The van der Waals surface area contributed by atoms with Gasteiger partial charge in [-0.15, -0.1) is 0 Å². The van der Waals surface area contributed by atoms with Crippen LogP contribution in [0.5, 0.6) is 0 Å². The second kappa shape index (κ2) is 6.43. The lowest BCUT2D eigenvalue weighted by Crippen LogP contribution is -2.37. The number of hydrogen-bond donors (Lipinski definition) is 1. The van der Waals surface area contributed by atoms with Gasteiger partial charge in [-0.1, -0.05) is 0 Å². The Morgan fingerprint density at radius 2 is 2.09 bits per heavy atom. The Morgan fingerprint density at radius 3 is 2.74 bits per heavy atom.